The molecule has 4 rings (SSSR count). The smallest absolute Gasteiger partial charge is 0.163 e. The zero-order valence-electron chi connectivity index (χ0n) is 14.4. The van der Waals surface area contributed by atoms with Gasteiger partial charge in [0.05, 0.1) is 11.4 Å². The van der Waals surface area contributed by atoms with E-state index in [0.717, 1.165) is 22.4 Å². The molecule has 1 aliphatic rings. The van der Waals surface area contributed by atoms with Crippen molar-refractivity contribution in [2.45, 2.75) is 12.3 Å². The highest BCUT2D eigenvalue weighted by atomic mass is 35.5. The van der Waals surface area contributed by atoms with E-state index in [0.29, 0.717) is 23.1 Å². The molecule has 0 saturated carbocycles. The summed E-state index contributed by atoms with van der Waals surface area (Å²) in [6.07, 6.45) is 5.03. The van der Waals surface area contributed by atoms with Crippen molar-refractivity contribution < 1.29 is 4.74 Å². The molecule has 3 aromatic rings. The summed E-state index contributed by atoms with van der Waals surface area (Å²) in [7, 11) is 0. The predicted molar refractivity (Wildman–Crippen MR) is 108 cm³/mol. The van der Waals surface area contributed by atoms with Gasteiger partial charge in [-0.2, -0.15) is 0 Å². The summed E-state index contributed by atoms with van der Waals surface area (Å²) in [6.45, 7) is 0.400. The second kappa shape index (κ2) is 6.90. The predicted octanol–water partition coefficient (Wildman–Crippen LogP) is 3.51. The van der Waals surface area contributed by atoms with E-state index >= 15 is 0 Å². The second-order valence-corrected chi connectivity index (χ2v) is 6.67. The van der Waals surface area contributed by atoms with Crippen LogP contribution in [0.15, 0.2) is 65.9 Å². The van der Waals surface area contributed by atoms with Gasteiger partial charge in [0.15, 0.2) is 5.66 Å². The zero-order chi connectivity index (χ0) is 18.9. The fourth-order valence-electron chi connectivity index (χ4n) is 3.00. The van der Waals surface area contributed by atoms with Crippen LogP contribution in [0.25, 0.3) is 0 Å². The third-order valence-corrected chi connectivity index (χ3v) is 4.75. The van der Waals surface area contributed by atoms with E-state index in [1.807, 2.05) is 36.4 Å². The van der Waals surface area contributed by atoms with Crippen molar-refractivity contribution in [3.63, 3.8) is 0 Å². The van der Waals surface area contributed by atoms with Gasteiger partial charge < -0.3 is 15.8 Å². The average Bonchev–Trinajstić information content (AvgIpc) is 2.68. The number of fused-ring (bicyclic) bond motifs is 1. The molecule has 0 saturated heterocycles. The van der Waals surface area contributed by atoms with E-state index in [1.165, 1.54) is 0 Å². The summed E-state index contributed by atoms with van der Waals surface area (Å²) < 4.78 is 5.82. The van der Waals surface area contributed by atoms with Gasteiger partial charge in [-0.15, -0.1) is 0 Å². The van der Waals surface area contributed by atoms with Gasteiger partial charge in [0.25, 0.3) is 0 Å². The molecule has 1 atom stereocenters. The maximum Gasteiger partial charge on any atom is 0.163 e. The standard InChI is InChI=1S/C20H18ClN5O/c21-17-9-14(1-4-19(17)27-11-13-5-7-24-8-6-13)20(23)16-10-15(22)2-3-18(16)25-12-26-20/h1-10,12H,11,22-23H2,(H,25,26). The Labute approximate surface area is 161 Å². The molecule has 6 nitrogen and oxygen atoms in total. The van der Waals surface area contributed by atoms with Crippen molar-refractivity contribution in [2.75, 3.05) is 11.1 Å². The minimum Gasteiger partial charge on any atom is -0.487 e. The van der Waals surface area contributed by atoms with Crippen LogP contribution >= 0.6 is 11.6 Å². The van der Waals surface area contributed by atoms with E-state index in [1.54, 1.807) is 30.9 Å². The van der Waals surface area contributed by atoms with Crippen LogP contribution in [0.4, 0.5) is 11.4 Å². The maximum absolute atomic E-state index is 6.64. The number of aliphatic imine (C=N–C) groups is 1. The molecule has 0 radical (unpaired) electrons. The van der Waals surface area contributed by atoms with Crippen molar-refractivity contribution in [1.29, 1.82) is 0 Å². The second-order valence-electron chi connectivity index (χ2n) is 6.26. The van der Waals surface area contributed by atoms with E-state index in [4.69, 9.17) is 27.8 Å². The summed E-state index contributed by atoms with van der Waals surface area (Å²) >= 11 is 6.45. The fraction of sp³-hybridized carbons (Fsp3) is 0.100. The molecule has 1 aromatic heterocycles. The van der Waals surface area contributed by atoms with Crippen LogP contribution < -0.4 is 21.5 Å². The first-order valence-electron chi connectivity index (χ1n) is 8.37. The monoisotopic (exact) mass is 379 g/mol. The number of nitrogens with one attached hydrogen (secondary N) is 1. The first-order valence-corrected chi connectivity index (χ1v) is 8.75. The number of anilines is 2. The highest BCUT2D eigenvalue weighted by Crippen LogP contribution is 2.39. The summed E-state index contributed by atoms with van der Waals surface area (Å²) in [4.78, 5) is 8.45. The van der Waals surface area contributed by atoms with Crippen molar-refractivity contribution in [2.24, 2.45) is 10.7 Å². The summed E-state index contributed by atoms with van der Waals surface area (Å²) in [5.74, 6) is 0.576. The number of benzene rings is 2. The average molecular weight is 380 g/mol. The molecular formula is C20H18ClN5O. The maximum atomic E-state index is 6.64. The number of aromatic nitrogens is 1. The molecular weight excluding hydrogens is 362 g/mol. The minimum atomic E-state index is -1.08. The number of halogens is 1. The Morgan fingerprint density at radius 3 is 2.67 bits per heavy atom. The quantitative estimate of drug-likeness (QED) is 0.602. The molecule has 27 heavy (non-hydrogen) atoms. The Kier molecular flexibility index (Phi) is 4.43. The van der Waals surface area contributed by atoms with Crippen LogP contribution in [0.2, 0.25) is 5.02 Å². The molecule has 0 fully saturated rings. The van der Waals surface area contributed by atoms with Crippen molar-refractivity contribution >= 4 is 29.3 Å². The topological polar surface area (TPSA) is 98.5 Å². The number of ether oxygens (including phenoxy) is 1. The SMILES string of the molecule is Nc1ccc2c(c1)C(N)(c1ccc(OCc3ccncc3)c(Cl)c1)N=CN2. The van der Waals surface area contributed by atoms with Gasteiger partial charge in [0, 0.05) is 34.9 Å². The van der Waals surface area contributed by atoms with Gasteiger partial charge in [-0.1, -0.05) is 17.7 Å². The highest BCUT2D eigenvalue weighted by Gasteiger charge is 2.34. The van der Waals surface area contributed by atoms with E-state index in [2.05, 4.69) is 15.3 Å². The molecule has 2 heterocycles. The number of nitrogens with two attached hydrogens (primary N) is 2. The number of rotatable bonds is 4. The van der Waals surface area contributed by atoms with Gasteiger partial charge in [0.2, 0.25) is 0 Å². The molecule has 0 aliphatic carbocycles. The first-order chi connectivity index (χ1) is 13.1. The Hall–Kier alpha value is -3.09. The van der Waals surface area contributed by atoms with Crippen molar-refractivity contribution in [1.82, 2.24) is 4.98 Å². The lowest BCUT2D eigenvalue weighted by atomic mass is 9.90. The van der Waals surface area contributed by atoms with Crippen LogP contribution in [-0.2, 0) is 12.3 Å². The summed E-state index contributed by atoms with van der Waals surface area (Å²) in [5.41, 5.74) is 15.5. The lowest BCUT2D eigenvalue weighted by molar-refractivity contribution is 0.306. The number of hydrogen-bond acceptors (Lipinski definition) is 6. The lowest BCUT2D eigenvalue weighted by Gasteiger charge is -2.31. The van der Waals surface area contributed by atoms with Gasteiger partial charge in [-0.05, 0) is 48.0 Å². The zero-order valence-corrected chi connectivity index (χ0v) is 15.1. The number of pyridine rings is 1. The first kappa shape index (κ1) is 17.3. The summed E-state index contributed by atoms with van der Waals surface area (Å²) in [6, 6.07) is 14.7. The third kappa shape index (κ3) is 3.32. The molecule has 0 amide bonds. The van der Waals surface area contributed by atoms with E-state index in [-0.39, 0.29) is 0 Å². The number of nitrogens with zero attached hydrogens (tertiary/aromatic N) is 2. The lowest BCUT2D eigenvalue weighted by Crippen LogP contribution is -2.39. The van der Waals surface area contributed by atoms with Crippen LogP contribution in [0.1, 0.15) is 16.7 Å². The minimum absolute atomic E-state index is 0.400. The van der Waals surface area contributed by atoms with Crippen molar-refractivity contribution in [3.8, 4) is 5.75 Å². The van der Waals surface area contributed by atoms with Crippen LogP contribution in [0.5, 0.6) is 5.75 Å². The molecule has 5 N–H and O–H groups in total. The highest BCUT2D eigenvalue weighted by molar-refractivity contribution is 6.32. The summed E-state index contributed by atoms with van der Waals surface area (Å²) in [5, 5.41) is 3.55. The molecule has 7 heteroatoms. The van der Waals surface area contributed by atoms with Crippen molar-refractivity contribution in [3.05, 3.63) is 82.6 Å². The fourth-order valence-corrected chi connectivity index (χ4v) is 3.24. The molecule has 0 spiro atoms. The van der Waals surface area contributed by atoms with Crippen LogP contribution in [0.3, 0.4) is 0 Å². The normalized spacial score (nSPS) is 17.9. The van der Waals surface area contributed by atoms with Gasteiger partial charge in [-0.25, -0.2) is 4.99 Å². The molecule has 2 aromatic carbocycles. The largest absolute Gasteiger partial charge is 0.487 e. The Morgan fingerprint density at radius 1 is 1.07 bits per heavy atom. The molecule has 1 unspecified atom stereocenters. The molecule has 136 valence electrons. The number of nitrogen functional groups attached to an aromatic ring is 1. The molecule has 1 aliphatic heterocycles. The Morgan fingerprint density at radius 2 is 1.89 bits per heavy atom. The van der Waals surface area contributed by atoms with E-state index < -0.39 is 5.66 Å². The Bertz CT molecular complexity index is 1010. The van der Waals surface area contributed by atoms with Crippen LogP contribution in [-0.4, -0.2) is 11.3 Å². The van der Waals surface area contributed by atoms with Gasteiger partial charge in [-0.3, -0.25) is 10.7 Å². The van der Waals surface area contributed by atoms with Gasteiger partial charge >= 0.3 is 0 Å². The van der Waals surface area contributed by atoms with Crippen LogP contribution in [0, 0.1) is 0 Å². The Balaban J connectivity index is 1.63. The molecule has 0 bridgehead atoms. The van der Waals surface area contributed by atoms with Gasteiger partial charge in [0.1, 0.15) is 12.4 Å². The number of hydrogen-bond donors (Lipinski definition) is 3. The van der Waals surface area contributed by atoms with E-state index in [9.17, 15) is 0 Å². The third-order valence-electron chi connectivity index (χ3n) is 4.46.